The van der Waals surface area contributed by atoms with Gasteiger partial charge in [-0.05, 0) is 65.6 Å². The SMILES string of the molecule is CC(C)(C)OC(=O)C(F)(F)F.CN1CCC(Oc2ccc(C(=O)O)c(N(C(=O)C(F)(F)F)C3CCOCC3)c2)CC1. The number of halogens is 6. The molecule has 9 nitrogen and oxygen atoms in total. The molecule has 41 heavy (non-hydrogen) atoms. The summed E-state index contributed by atoms with van der Waals surface area (Å²) in [5.74, 6) is -5.40. The summed E-state index contributed by atoms with van der Waals surface area (Å²) in [5, 5.41) is 9.55. The molecule has 232 valence electrons. The van der Waals surface area contributed by atoms with Crippen molar-refractivity contribution in [2.75, 3.05) is 38.3 Å². The molecule has 3 rings (SSSR count). The van der Waals surface area contributed by atoms with E-state index in [0.717, 1.165) is 25.9 Å². The quantitative estimate of drug-likeness (QED) is 0.379. The minimum absolute atomic E-state index is 0.125. The minimum Gasteiger partial charge on any atom is -0.490 e. The number of benzene rings is 1. The normalized spacial score (nSPS) is 17.7. The molecule has 1 aromatic carbocycles. The number of esters is 1. The van der Waals surface area contributed by atoms with Crippen molar-refractivity contribution in [3.05, 3.63) is 23.8 Å². The van der Waals surface area contributed by atoms with E-state index in [0.29, 0.717) is 4.90 Å². The zero-order valence-corrected chi connectivity index (χ0v) is 23.1. The largest absolute Gasteiger partial charge is 0.490 e. The van der Waals surface area contributed by atoms with Crippen LogP contribution in [-0.2, 0) is 19.1 Å². The Morgan fingerprint density at radius 2 is 1.51 bits per heavy atom. The molecule has 0 atom stereocenters. The highest BCUT2D eigenvalue weighted by Crippen LogP contribution is 2.35. The molecule has 1 aromatic rings. The van der Waals surface area contributed by atoms with Gasteiger partial charge in [-0.15, -0.1) is 0 Å². The maximum atomic E-state index is 13.4. The lowest BCUT2D eigenvalue weighted by Crippen LogP contribution is -2.50. The number of aromatic carboxylic acids is 1. The Bertz CT molecular complexity index is 1060. The van der Waals surface area contributed by atoms with Crippen LogP contribution in [0.1, 0.15) is 56.8 Å². The zero-order valence-electron chi connectivity index (χ0n) is 23.1. The van der Waals surface area contributed by atoms with Gasteiger partial charge in [-0.25, -0.2) is 9.59 Å². The van der Waals surface area contributed by atoms with Crippen molar-refractivity contribution in [1.82, 2.24) is 4.90 Å². The number of carboxylic acid groups (broad SMARTS) is 1. The van der Waals surface area contributed by atoms with Crippen LogP contribution in [0.5, 0.6) is 5.75 Å². The molecule has 15 heteroatoms. The number of hydrogen-bond acceptors (Lipinski definition) is 7. The second-order valence-corrected chi connectivity index (χ2v) is 10.6. The van der Waals surface area contributed by atoms with Crippen LogP contribution in [-0.4, -0.2) is 91.3 Å². The molecule has 0 aromatic heterocycles. The maximum absolute atomic E-state index is 13.4. The molecule has 0 bridgehead atoms. The number of carbonyl (C=O) groups is 3. The van der Waals surface area contributed by atoms with Crippen molar-refractivity contribution in [2.45, 2.75) is 76.6 Å². The van der Waals surface area contributed by atoms with E-state index in [4.69, 9.17) is 9.47 Å². The number of likely N-dealkylation sites (tertiary alicyclic amines) is 1. The van der Waals surface area contributed by atoms with E-state index in [1.807, 2.05) is 7.05 Å². The van der Waals surface area contributed by atoms with Crippen LogP contribution in [0.25, 0.3) is 0 Å². The van der Waals surface area contributed by atoms with Crippen molar-refractivity contribution in [1.29, 1.82) is 0 Å². The number of anilines is 1. The third kappa shape index (κ3) is 10.7. The average molecular weight is 601 g/mol. The van der Waals surface area contributed by atoms with Gasteiger partial charge in [-0.3, -0.25) is 4.79 Å². The highest BCUT2D eigenvalue weighted by molar-refractivity contribution is 6.04. The van der Waals surface area contributed by atoms with Crippen molar-refractivity contribution < 1.29 is 60.0 Å². The summed E-state index contributed by atoms with van der Waals surface area (Å²) in [6, 6.07) is 3.04. The van der Waals surface area contributed by atoms with Gasteiger partial charge in [0, 0.05) is 38.4 Å². The van der Waals surface area contributed by atoms with E-state index >= 15 is 0 Å². The Kier molecular flexibility index (Phi) is 11.4. The van der Waals surface area contributed by atoms with Gasteiger partial charge < -0.3 is 29.1 Å². The summed E-state index contributed by atoms with van der Waals surface area (Å²) in [6.45, 7) is 6.15. The molecule has 0 aliphatic carbocycles. The summed E-state index contributed by atoms with van der Waals surface area (Å²) in [4.78, 5) is 36.9. The van der Waals surface area contributed by atoms with Gasteiger partial charge in [-0.2, -0.15) is 26.3 Å². The molecule has 2 fully saturated rings. The van der Waals surface area contributed by atoms with E-state index in [1.54, 1.807) is 0 Å². The van der Waals surface area contributed by atoms with E-state index in [1.165, 1.54) is 39.0 Å². The number of rotatable bonds is 5. The van der Waals surface area contributed by atoms with Crippen LogP contribution in [0.4, 0.5) is 32.0 Å². The van der Waals surface area contributed by atoms with E-state index in [9.17, 15) is 45.8 Å². The highest BCUT2D eigenvalue weighted by atomic mass is 19.4. The van der Waals surface area contributed by atoms with E-state index < -0.39 is 41.8 Å². The van der Waals surface area contributed by atoms with Crippen LogP contribution < -0.4 is 9.64 Å². The monoisotopic (exact) mass is 600 g/mol. The number of alkyl halides is 6. The standard InChI is InChI=1S/C20H25F3N2O5.C6H9F3O2/c1-24-8-4-14(5-9-24)30-15-2-3-16(18(26)27)17(12-15)25(19(28)20(21,22)23)13-6-10-29-11-7-13;1-5(2,3)11-4(10)6(7,8)9/h2-3,12-14H,4-11H2,1H3,(H,26,27);1-3H3. The molecule has 1 amide bonds. The van der Waals surface area contributed by atoms with E-state index in [-0.39, 0.29) is 49.2 Å². The van der Waals surface area contributed by atoms with Crippen molar-refractivity contribution in [3.8, 4) is 5.75 Å². The highest BCUT2D eigenvalue weighted by Gasteiger charge is 2.46. The Balaban J connectivity index is 0.000000454. The second-order valence-electron chi connectivity index (χ2n) is 10.6. The summed E-state index contributed by atoms with van der Waals surface area (Å²) < 4.78 is 89.8. The molecule has 0 spiro atoms. The number of nitrogens with zero attached hydrogens (tertiary/aromatic N) is 2. The zero-order chi connectivity index (χ0) is 31.2. The van der Waals surface area contributed by atoms with E-state index in [2.05, 4.69) is 9.64 Å². The summed E-state index contributed by atoms with van der Waals surface area (Å²) in [5.41, 5.74) is -1.77. The van der Waals surface area contributed by atoms with Gasteiger partial charge in [-0.1, -0.05) is 0 Å². The Morgan fingerprint density at radius 3 is 1.95 bits per heavy atom. The minimum atomic E-state index is -5.14. The number of carbonyl (C=O) groups excluding carboxylic acids is 2. The van der Waals surface area contributed by atoms with Crippen LogP contribution in [0.3, 0.4) is 0 Å². The maximum Gasteiger partial charge on any atom is 0.490 e. The lowest BCUT2D eigenvalue weighted by atomic mass is 10.0. The molecular formula is C26H34F6N2O7. The topological polar surface area (TPSA) is 106 Å². The van der Waals surface area contributed by atoms with Gasteiger partial charge >= 0.3 is 30.2 Å². The average Bonchev–Trinajstić information content (AvgIpc) is 2.84. The first-order chi connectivity index (χ1) is 18.8. The first kappa shape index (κ1) is 34.1. The Morgan fingerprint density at radius 1 is 0.951 bits per heavy atom. The predicted molar refractivity (Wildman–Crippen MR) is 134 cm³/mol. The molecule has 1 N–H and O–H groups in total. The molecule has 0 saturated carbocycles. The third-order valence-corrected chi connectivity index (χ3v) is 6.08. The van der Waals surface area contributed by atoms with Crippen molar-refractivity contribution >= 4 is 23.5 Å². The fourth-order valence-corrected chi connectivity index (χ4v) is 4.15. The van der Waals surface area contributed by atoms with Crippen molar-refractivity contribution in [2.24, 2.45) is 0 Å². The summed E-state index contributed by atoms with van der Waals surface area (Å²) in [6.07, 6.45) is -8.30. The molecule has 0 unspecified atom stereocenters. The van der Waals surface area contributed by atoms with Gasteiger partial charge in [0.25, 0.3) is 0 Å². The third-order valence-electron chi connectivity index (χ3n) is 6.08. The lowest BCUT2D eigenvalue weighted by molar-refractivity contribution is -0.210. The number of piperidine rings is 1. The molecule has 2 aliphatic heterocycles. The molecular weight excluding hydrogens is 566 g/mol. The Labute approximate surface area is 233 Å². The number of ether oxygens (including phenoxy) is 3. The Hall–Kier alpha value is -3.07. The molecule has 2 heterocycles. The first-order valence-electron chi connectivity index (χ1n) is 12.8. The predicted octanol–water partition coefficient (Wildman–Crippen LogP) is 4.82. The van der Waals surface area contributed by atoms with Crippen LogP contribution in [0.2, 0.25) is 0 Å². The first-order valence-corrected chi connectivity index (χ1v) is 12.8. The summed E-state index contributed by atoms with van der Waals surface area (Å²) in [7, 11) is 1.99. The second kappa shape index (κ2) is 13.7. The van der Waals surface area contributed by atoms with Gasteiger partial charge in [0.1, 0.15) is 17.5 Å². The number of amides is 1. The van der Waals surface area contributed by atoms with Crippen LogP contribution in [0.15, 0.2) is 18.2 Å². The fourth-order valence-electron chi connectivity index (χ4n) is 4.15. The van der Waals surface area contributed by atoms with Gasteiger partial charge in [0.15, 0.2) is 0 Å². The number of carboxylic acids is 1. The smallest absolute Gasteiger partial charge is 0.490 e. The molecule has 0 radical (unpaired) electrons. The fraction of sp³-hybridized carbons (Fsp3) is 0.654. The molecule has 2 aliphatic rings. The van der Waals surface area contributed by atoms with Crippen molar-refractivity contribution in [3.63, 3.8) is 0 Å². The number of hydrogen-bond donors (Lipinski definition) is 1. The van der Waals surface area contributed by atoms with Crippen LogP contribution in [0, 0.1) is 0 Å². The van der Waals surface area contributed by atoms with Gasteiger partial charge in [0.2, 0.25) is 0 Å². The summed E-state index contributed by atoms with van der Waals surface area (Å²) >= 11 is 0. The van der Waals surface area contributed by atoms with Crippen LogP contribution >= 0.6 is 0 Å². The lowest BCUT2D eigenvalue weighted by Gasteiger charge is -2.35. The van der Waals surface area contributed by atoms with Gasteiger partial charge in [0.05, 0.1) is 11.3 Å². The molecule has 2 saturated heterocycles.